The monoisotopic (exact) mass is 410 g/mol. The Kier molecular flexibility index (Phi) is 7.88. The van der Waals surface area contributed by atoms with Crippen LogP contribution in [0, 0.1) is 0 Å². The predicted octanol–water partition coefficient (Wildman–Crippen LogP) is 3.19. The molecule has 2 aromatic carbocycles. The molecule has 0 aromatic heterocycles. The fourth-order valence-corrected chi connectivity index (χ4v) is 3.55. The number of nitrogens with one attached hydrogen (secondary N) is 1. The van der Waals surface area contributed by atoms with Crippen molar-refractivity contribution in [2.45, 2.75) is 19.5 Å². The molecule has 0 saturated carbocycles. The van der Waals surface area contributed by atoms with Gasteiger partial charge in [0.15, 0.2) is 11.5 Å². The van der Waals surface area contributed by atoms with Gasteiger partial charge in [-0.3, -0.25) is 9.69 Å². The number of carbonyl (C=O) groups excluding carboxylic acids is 1. The highest BCUT2D eigenvalue weighted by Gasteiger charge is 2.16. The molecule has 0 unspecified atom stereocenters. The van der Waals surface area contributed by atoms with E-state index < -0.39 is 0 Å². The van der Waals surface area contributed by atoms with Gasteiger partial charge < -0.3 is 19.5 Å². The lowest BCUT2D eigenvalue weighted by atomic mass is 10.0. The third-order valence-electron chi connectivity index (χ3n) is 5.17. The summed E-state index contributed by atoms with van der Waals surface area (Å²) in [6, 6.07) is 11.9. The lowest BCUT2D eigenvalue weighted by Crippen LogP contribution is -2.35. The molecule has 2 aromatic rings. The number of hydrogen-bond acceptors (Lipinski definition) is 5. The van der Waals surface area contributed by atoms with Crippen LogP contribution in [0.5, 0.6) is 11.5 Å². The number of nitrogens with zero attached hydrogens (tertiary/aromatic N) is 1. The molecule has 6 heteroatoms. The maximum atomic E-state index is 12.7. The van der Waals surface area contributed by atoms with E-state index in [1.807, 2.05) is 6.07 Å². The van der Waals surface area contributed by atoms with Crippen LogP contribution in [0.2, 0.25) is 0 Å². The normalized spacial score (nSPS) is 14.2. The van der Waals surface area contributed by atoms with Crippen molar-refractivity contribution in [2.24, 2.45) is 0 Å². The van der Waals surface area contributed by atoms with E-state index in [0.717, 1.165) is 44.0 Å². The Morgan fingerprint density at radius 1 is 1.13 bits per heavy atom. The molecule has 1 fully saturated rings. The van der Waals surface area contributed by atoms with Gasteiger partial charge in [0.25, 0.3) is 5.91 Å². The minimum absolute atomic E-state index is 0.154. The van der Waals surface area contributed by atoms with Crippen LogP contribution in [0.15, 0.2) is 49.1 Å². The quantitative estimate of drug-likeness (QED) is 0.644. The summed E-state index contributed by atoms with van der Waals surface area (Å²) in [5.41, 5.74) is 3.72. The van der Waals surface area contributed by atoms with E-state index in [2.05, 4.69) is 41.1 Å². The SMILES string of the molecule is C=CCc1cc(C(=O)NCc2ccc(CN3CCOCC3)cc2)cc(OC)c1OC. The zero-order chi connectivity index (χ0) is 21.3. The maximum Gasteiger partial charge on any atom is 0.251 e. The molecule has 1 amide bonds. The summed E-state index contributed by atoms with van der Waals surface area (Å²) in [6.45, 7) is 8.70. The Hall–Kier alpha value is -2.83. The lowest BCUT2D eigenvalue weighted by Gasteiger charge is -2.26. The second-order valence-corrected chi connectivity index (χ2v) is 7.25. The Balaban J connectivity index is 1.62. The molecular weight excluding hydrogens is 380 g/mol. The molecule has 0 spiro atoms. The first-order valence-corrected chi connectivity index (χ1v) is 10.2. The minimum Gasteiger partial charge on any atom is -0.493 e. The third kappa shape index (κ3) is 5.62. The van der Waals surface area contributed by atoms with E-state index >= 15 is 0 Å². The molecule has 1 heterocycles. The van der Waals surface area contributed by atoms with Crippen molar-refractivity contribution < 1.29 is 19.0 Å². The standard InChI is InChI=1S/C24H30N2O4/c1-4-5-20-14-21(15-22(28-2)23(20)29-3)24(27)25-16-18-6-8-19(9-7-18)17-26-10-12-30-13-11-26/h4,6-9,14-15H,1,5,10-13,16-17H2,2-3H3,(H,25,27). The molecule has 1 saturated heterocycles. The van der Waals surface area contributed by atoms with Crippen LogP contribution in [0.3, 0.4) is 0 Å². The maximum absolute atomic E-state index is 12.7. The molecule has 1 aliphatic heterocycles. The molecule has 0 bridgehead atoms. The van der Waals surface area contributed by atoms with Gasteiger partial charge in [-0.15, -0.1) is 6.58 Å². The van der Waals surface area contributed by atoms with Crippen molar-refractivity contribution in [3.8, 4) is 11.5 Å². The number of benzene rings is 2. The van der Waals surface area contributed by atoms with Crippen LogP contribution >= 0.6 is 0 Å². The molecular formula is C24H30N2O4. The van der Waals surface area contributed by atoms with Crippen molar-refractivity contribution in [3.05, 3.63) is 71.3 Å². The summed E-state index contributed by atoms with van der Waals surface area (Å²) in [6.07, 6.45) is 2.36. The van der Waals surface area contributed by atoms with Gasteiger partial charge in [-0.05, 0) is 29.7 Å². The molecule has 0 atom stereocenters. The van der Waals surface area contributed by atoms with Gasteiger partial charge in [0, 0.05) is 37.3 Å². The first kappa shape index (κ1) is 21.9. The highest BCUT2D eigenvalue weighted by Crippen LogP contribution is 2.33. The number of morpholine rings is 1. The Labute approximate surface area is 178 Å². The molecule has 0 radical (unpaired) electrons. The van der Waals surface area contributed by atoms with Crippen molar-refractivity contribution in [1.82, 2.24) is 10.2 Å². The Bertz CT molecular complexity index is 858. The van der Waals surface area contributed by atoms with Crippen LogP contribution in [-0.2, 0) is 24.2 Å². The minimum atomic E-state index is -0.154. The fraction of sp³-hybridized carbons (Fsp3) is 0.375. The van der Waals surface area contributed by atoms with Crippen LogP contribution < -0.4 is 14.8 Å². The Morgan fingerprint density at radius 2 is 1.83 bits per heavy atom. The van der Waals surface area contributed by atoms with Crippen LogP contribution in [0.25, 0.3) is 0 Å². The van der Waals surface area contributed by atoms with Gasteiger partial charge >= 0.3 is 0 Å². The van der Waals surface area contributed by atoms with E-state index in [0.29, 0.717) is 30.0 Å². The zero-order valence-electron chi connectivity index (χ0n) is 17.8. The number of carbonyl (C=O) groups is 1. The summed E-state index contributed by atoms with van der Waals surface area (Å²) in [5, 5.41) is 2.99. The molecule has 160 valence electrons. The van der Waals surface area contributed by atoms with Gasteiger partial charge in [-0.2, -0.15) is 0 Å². The first-order chi connectivity index (χ1) is 14.6. The lowest BCUT2D eigenvalue weighted by molar-refractivity contribution is 0.0342. The molecule has 30 heavy (non-hydrogen) atoms. The highest BCUT2D eigenvalue weighted by atomic mass is 16.5. The van der Waals surface area contributed by atoms with Crippen LogP contribution in [-0.4, -0.2) is 51.3 Å². The molecule has 6 nitrogen and oxygen atoms in total. The van der Waals surface area contributed by atoms with Crippen molar-refractivity contribution in [1.29, 1.82) is 0 Å². The van der Waals surface area contributed by atoms with Crippen LogP contribution in [0.4, 0.5) is 0 Å². The van der Waals surface area contributed by atoms with E-state index in [1.165, 1.54) is 5.56 Å². The fourth-order valence-electron chi connectivity index (χ4n) is 3.55. The average molecular weight is 411 g/mol. The molecule has 3 rings (SSSR count). The number of ether oxygens (including phenoxy) is 3. The Morgan fingerprint density at radius 3 is 2.47 bits per heavy atom. The van der Waals surface area contributed by atoms with Gasteiger partial charge in [0.05, 0.1) is 27.4 Å². The van der Waals surface area contributed by atoms with E-state index in [-0.39, 0.29) is 5.91 Å². The number of amides is 1. The first-order valence-electron chi connectivity index (χ1n) is 10.2. The van der Waals surface area contributed by atoms with Crippen LogP contribution in [0.1, 0.15) is 27.0 Å². The van der Waals surface area contributed by atoms with E-state index in [9.17, 15) is 4.79 Å². The van der Waals surface area contributed by atoms with Gasteiger partial charge in [-0.1, -0.05) is 30.3 Å². The number of methoxy groups -OCH3 is 2. The van der Waals surface area contributed by atoms with Gasteiger partial charge in [-0.25, -0.2) is 0 Å². The second-order valence-electron chi connectivity index (χ2n) is 7.25. The highest BCUT2D eigenvalue weighted by molar-refractivity contribution is 5.95. The number of hydrogen-bond donors (Lipinski definition) is 1. The van der Waals surface area contributed by atoms with Gasteiger partial charge in [0.1, 0.15) is 0 Å². The van der Waals surface area contributed by atoms with E-state index in [4.69, 9.17) is 14.2 Å². The topological polar surface area (TPSA) is 60.0 Å². The van der Waals surface area contributed by atoms with Crippen molar-refractivity contribution in [3.63, 3.8) is 0 Å². The predicted molar refractivity (Wildman–Crippen MR) is 117 cm³/mol. The summed E-state index contributed by atoms with van der Waals surface area (Å²) in [5.74, 6) is 1.01. The van der Waals surface area contributed by atoms with Crippen molar-refractivity contribution in [2.75, 3.05) is 40.5 Å². The summed E-state index contributed by atoms with van der Waals surface area (Å²) < 4.78 is 16.2. The average Bonchev–Trinajstić information content (AvgIpc) is 2.78. The summed E-state index contributed by atoms with van der Waals surface area (Å²) in [4.78, 5) is 15.1. The number of allylic oxidation sites excluding steroid dienone is 1. The molecule has 1 aliphatic rings. The third-order valence-corrected chi connectivity index (χ3v) is 5.17. The smallest absolute Gasteiger partial charge is 0.251 e. The summed E-state index contributed by atoms with van der Waals surface area (Å²) in [7, 11) is 3.16. The van der Waals surface area contributed by atoms with E-state index in [1.54, 1.807) is 26.4 Å². The van der Waals surface area contributed by atoms with Crippen molar-refractivity contribution >= 4 is 5.91 Å². The molecule has 0 aliphatic carbocycles. The molecule has 1 N–H and O–H groups in total. The number of rotatable bonds is 9. The summed E-state index contributed by atoms with van der Waals surface area (Å²) >= 11 is 0. The largest absolute Gasteiger partial charge is 0.493 e. The zero-order valence-corrected chi connectivity index (χ0v) is 17.8. The van der Waals surface area contributed by atoms with Gasteiger partial charge in [0.2, 0.25) is 0 Å². The second kappa shape index (κ2) is 10.8.